The molecular weight excluding hydrogens is 394 g/mol. The van der Waals surface area contributed by atoms with E-state index in [2.05, 4.69) is 15.3 Å². The van der Waals surface area contributed by atoms with Gasteiger partial charge in [0.1, 0.15) is 11.6 Å². The number of hydrogen-bond donors (Lipinski definition) is 1. The van der Waals surface area contributed by atoms with Crippen LogP contribution in [0.15, 0.2) is 60.8 Å². The summed E-state index contributed by atoms with van der Waals surface area (Å²) in [5, 5.41) is 2.94. The van der Waals surface area contributed by atoms with Crippen molar-refractivity contribution >= 4 is 29.2 Å². The van der Waals surface area contributed by atoms with Crippen LogP contribution in [0.5, 0.6) is 5.75 Å². The van der Waals surface area contributed by atoms with Gasteiger partial charge in [-0.05, 0) is 43.3 Å². The number of urea groups is 1. The average Bonchev–Trinajstić information content (AvgIpc) is 2.80. The van der Waals surface area contributed by atoms with Crippen molar-refractivity contribution in [3.8, 4) is 5.75 Å². The third kappa shape index (κ3) is 5.70. The topological polar surface area (TPSA) is 79.8 Å². The normalized spacial score (nSPS) is 10.5. The second kappa shape index (κ2) is 10.4. The summed E-state index contributed by atoms with van der Waals surface area (Å²) in [4.78, 5) is 25.6. The zero-order valence-corrected chi connectivity index (χ0v) is 18.2. The smallest absolute Gasteiger partial charge is 0.332 e. The number of aromatic nitrogens is 2. The Hall–Kier alpha value is -3.65. The van der Waals surface area contributed by atoms with Crippen molar-refractivity contribution in [1.82, 2.24) is 9.97 Å². The van der Waals surface area contributed by atoms with Crippen LogP contribution in [-0.2, 0) is 4.74 Å². The van der Waals surface area contributed by atoms with Crippen molar-refractivity contribution in [1.29, 1.82) is 0 Å². The summed E-state index contributed by atoms with van der Waals surface area (Å²) in [6.45, 7) is 3.16. The summed E-state index contributed by atoms with van der Waals surface area (Å²) in [5.41, 5.74) is 2.46. The molecule has 31 heavy (non-hydrogen) atoms. The lowest BCUT2D eigenvalue weighted by Crippen LogP contribution is -2.32. The monoisotopic (exact) mass is 421 g/mol. The molecule has 0 bridgehead atoms. The average molecular weight is 422 g/mol. The van der Waals surface area contributed by atoms with Crippen molar-refractivity contribution in [3.05, 3.63) is 66.4 Å². The molecule has 162 valence electrons. The summed E-state index contributed by atoms with van der Waals surface area (Å²) in [7, 11) is 5.12. The molecule has 0 radical (unpaired) electrons. The van der Waals surface area contributed by atoms with Crippen LogP contribution in [0.4, 0.5) is 27.9 Å². The highest BCUT2D eigenvalue weighted by molar-refractivity contribution is 6.06. The minimum absolute atomic E-state index is 0.335. The molecular formula is C23H27N5O3. The molecule has 3 rings (SSSR count). The van der Waals surface area contributed by atoms with Crippen molar-refractivity contribution in [2.75, 3.05) is 49.5 Å². The van der Waals surface area contributed by atoms with E-state index in [4.69, 9.17) is 9.47 Å². The van der Waals surface area contributed by atoms with E-state index >= 15 is 0 Å². The lowest BCUT2D eigenvalue weighted by molar-refractivity contribution is 0.206. The van der Waals surface area contributed by atoms with Gasteiger partial charge in [-0.1, -0.05) is 17.7 Å². The number of nitrogens with zero attached hydrogens (tertiary/aromatic N) is 4. The fourth-order valence-electron chi connectivity index (χ4n) is 2.88. The minimum atomic E-state index is -0.335. The van der Waals surface area contributed by atoms with Gasteiger partial charge in [-0.25, -0.2) is 14.7 Å². The molecule has 2 amide bonds. The molecule has 0 aliphatic heterocycles. The van der Waals surface area contributed by atoms with Crippen LogP contribution in [0.3, 0.4) is 0 Å². The van der Waals surface area contributed by atoms with Gasteiger partial charge in [0.2, 0.25) is 5.95 Å². The third-order valence-electron chi connectivity index (χ3n) is 4.67. The van der Waals surface area contributed by atoms with Crippen molar-refractivity contribution in [3.63, 3.8) is 0 Å². The highest BCUT2D eigenvalue weighted by atomic mass is 16.5. The molecule has 2 aromatic carbocycles. The second-order valence-corrected chi connectivity index (χ2v) is 6.96. The summed E-state index contributed by atoms with van der Waals surface area (Å²) in [5.74, 6) is 1.64. The molecule has 8 heteroatoms. The zero-order chi connectivity index (χ0) is 22.2. The maximum atomic E-state index is 13.3. The Morgan fingerprint density at radius 1 is 1.03 bits per heavy atom. The predicted octanol–water partition coefficient (Wildman–Crippen LogP) is 4.25. The van der Waals surface area contributed by atoms with Gasteiger partial charge in [-0.3, -0.25) is 0 Å². The fourth-order valence-corrected chi connectivity index (χ4v) is 2.88. The number of rotatable bonds is 8. The zero-order valence-electron chi connectivity index (χ0n) is 18.2. The number of likely N-dealkylation sites (N-methyl/N-ethyl adjacent to an activating group) is 1. The van der Waals surface area contributed by atoms with Crippen LogP contribution in [0.1, 0.15) is 5.56 Å². The van der Waals surface area contributed by atoms with E-state index in [0.717, 1.165) is 5.56 Å². The summed E-state index contributed by atoms with van der Waals surface area (Å²) < 4.78 is 10.4. The number of benzene rings is 2. The van der Waals surface area contributed by atoms with Gasteiger partial charge in [0.05, 0.1) is 19.4 Å². The van der Waals surface area contributed by atoms with Gasteiger partial charge < -0.3 is 19.7 Å². The Balaban J connectivity index is 1.95. The first-order valence-corrected chi connectivity index (χ1v) is 9.87. The standard InChI is InChI=1S/C23H27N5O3/c1-17-5-7-18(8-6-17)25-23(29)28(19-9-11-20(31-4)12-10-19)21-13-14-24-22(26-21)27(2)15-16-30-3/h5-14H,15-16H2,1-4H3,(H,25,29). The molecule has 0 fully saturated rings. The van der Waals surface area contributed by atoms with Crippen LogP contribution in [0.2, 0.25) is 0 Å². The van der Waals surface area contributed by atoms with Gasteiger partial charge in [0, 0.05) is 38.7 Å². The lowest BCUT2D eigenvalue weighted by atomic mass is 10.2. The molecule has 1 aromatic heterocycles. The molecule has 3 aromatic rings. The van der Waals surface area contributed by atoms with Crippen LogP contribution in [-0.4, -0.2) is 50.4 Å². The van der Waals surface area contributed by atoms with Gasteiger partial charge in [0.15, 0.2) is 0 Å². The van der Waals surface area contributed by atoms with Gasteiger partial charge in [-0.15, -0.1) is 0 Å². The molecule has 1 heterocycles. The molecule has 0 atom stereocenters. The molecule has 0 unspecified atom stereocenters. The maximum absolute atomic E-state index is 13.3. The molecule has 0 aliphatic rings. The van der Waals surface area contributed by atoms with Crippen molar-refractivity contribution in [2.24, 2.45) is 0 Å². The van der Waals surface area contributed by atoms with E-state index in [1.807, 2.05) is 55.3 Å². The Bertz CT molecular complexity index is 993. The van der Waals surface area contributed by atoms with Crippen LogP contribution in [0, 0.1) is 6.92 Å². The van der Waals surface area contributed by atoms with Crippen molar-refractivity contribution in [2.45, 2.75) is 6.92 Å². The number of amides is 2. The Morgan fingerprint density at radius 3 is 2.39 bits per heavy atom. The molecule has 1 N–H and O–H groups in total. The molecule has 8 nitrogen and oxygen atoms in total. The van der Waals surface area contributed by atoms with E-state index in [1.54, 1.807) is 38.6 Å². The van der Waals surface area contributed by atoms with Crippen LogP contribution >= 0.6 is 0 Å². The van der Waals surface area contributed by atoms with Crippen LogP contribution < -0.4 is 19.9 Å². The SMILES string of the molecule is COCCN(C)c1nccc(N(C(=O)Nc2ccc(C)cc2)c2ccc(OC)cc2)n1. The van der Waals surface area contributed by atoms with Gasteiger partial charge >= 0.3 is 6.03 Å². The van der Waals surface area contributed by atoms with E-state index in [1.165, 1.54) is 4.90 Å². The first-order chi connectivity index (χ1) is 15.0. The highest BCUT2D eigenvalue weighted by Crippen LogP contribution is 2.28. The quantitative estimate of drug-likeness (QED) is 0.586. The van der Waals surface area contributed by atoms with E-state index < -0.39 is 0 Å². The van der Waals surface area contributed by atoms with Gasteiger partial charge in [-0.2, -0.15) is 4.98 Å². The first kappa shape index (κ1) is 22.0. The molecule has 0 saturated carbocycles. The van der Waals surface area contributed by atoms with Crippen LogP contribution in [0.25, 0.3) is 0 Å². The van der Waals surface area contributed by atoms with E-state index in [9.17, 15) is 4.79 Å². The number of methoxy groups -OCH3 is 2. The number of ether oxygens (including phenoxy) is 2. The molecule has 0 saturated heterocycles. The van der Waals surface area contributed by atoms with Gasteiger partial charge in [0.25, 0.3) is 0 Å². The summed E-state index contributed by atoms with van der Waals surface area (Å²) >= 11 is 0. The molecule has 0 spiro atoms. The number of anilines is 4. The Kier molecular flexibility index (Phi) is 7.40. The largest absolute Gasteiger partial charge is 0.497 e. The predicted molar refractivity (Wildman–Crippen MR) is 123 cm³/mol. The third-order valence-corrected chi connectivity index (χ3v) is 4.67. The number of aryl methyl sites for hydroxylation is 1. The highest BCUT2D eigenvalue weighted by Gasteiger charge is 2.21. The first-order valence-electron chi connectivity index (χ1n) is 9.87. The number of nitrogens with one attached hydrogen (secondary N) is 1. The summed E-state index contributed by atoms with van der Waals surface area (Å²) in [6.07, 6.45) is 1.64. The maximum Gasteiger partial charge on any atom is 0.332 e. The number of carbonyl (C=O) groups excluding carboxylic acids is 1. The van der Waals surface area contributed by atoms with E-state index in [-0.39, 0.29) is 6.03 Å². The Morgan fingerprint density at radius 2 is 1.74 bits per heavy atom. The summed E-state index contributed by atoms with van der Waals surface area (Å²) in [6, 6.07) is 16.2. The fraction of sp³-hybridized carbons (Fsp3) is 0.261. The van der Waals surface area contributed by atoms with E-state index in [0.29, 0.717) is 42.0 Å². The number of hydrogen-bond acceptors (Lipinski definition) is 6. The number of carbonyl (C=O) groups is 1. The Labute approximate surface area is 182 Å². The van der Waals surface area contributed by atoms with Crippen molar-refractivity contribution < 1.29 is 14.3 Å². The second-order valence-electron chi connectivity index (χ2n) is 6.96. The molecule has 0 aliphatic carbocycles. The minimum Gasteiger partial charge on any atom is -0.497 e. The lowest BCUT2D eigenvalue weighted by Gasteiger charge is -2.24.